The van der Waals surface area contributed by atoms with E-state index in [0.717, 1.165) is 26.6 Å². The summed E-state index contributed by atoms with van der Waals surface area (Å²) in [5.41, 5.74) is -0.0913. The van der Waals surface area contributed by atoms with Crippen molar-refractivity contribution in [3.8, 4) is 9.75 Å². The summed E-state index contributed by atoms with van der Waals surface area (Å²) in [6.07, 6.45) is 0.900. The summed E-state index contributed by atoms with van der Waals surface area (Å²) in [6.45, 7) is 9.55. The molecule has 3 rings (SSSR count). The number of thiophene rings is 2. The fourth-order valence-corrected chi connectivity index (χ4v) is 5.46. The zero-order chi connectivity index (χ0) is 15.6. The maximum absolute atomic E-state index is 15.1. The molecule has 0 spiro atoms. The number of rotatable bonds is 2. The highest BCUT2D eigenvalue weighted by atomic mass is 32.1. The van der Waals surface area contributed by atoms with Crippen LogP contribution in [0.2, 0.25) is 0 Å². The van der Waals surface area contributed by atoms with Gasteiger partial charge in [-0.25, -0.2) is 8.78 Å². The Morgan fingerprint density at radius 3 is 2.24 bits per heavy atom. The van der Waals surface area contributed by atoms with Crippen molar-refractivity contribution in [1.29, 1.82) is 0 Å². The molecule has 0 fully saturated rings. The fraction of sp³-hybridized carbons (Fsp3) is 0.529. The molecule has 1 aliphatic rings. The van der Waals surface area contributed by atoms with Gasteiger partial charge in [0.2, 0.25) is 0 Å². The summed E-state index contributed by atoms with van der Waals surface area (Å²) in [7, 11) is 0. The van der Waals surface area contributed by atoms with Gasteiger partial charge in [0.15, 0.2) is 0 Å². The molecular formula is C17H20F2S2. The van der Waals surface area contributed by atoms with E-state index in [1.54, 1.807) is 42.6 Å². The van der Waals surface area contributed by atoms with E-state index in [9.17, 15) is 0 Å². The van der Waals surface area contributed by atoms with E-state index in [2.05, 4.69) is 20.8 Å². The lowest BCUT2D eigenvalue weighted by molar-refractivity contribution is -0.0733. The Balaban J connectivity index is 2.33. The predicted octanol–water partition coefficient (Wildman–Crippen LogP) is 6.55. The van der Waals surface area contributed by atoms with Crippen molar-refractivity contribution in [3.05, 3.63) is 33.0 Å². The van der Waals surface area contributed by atoms with Crippen LogP contribution in [0.25, 0.3) is 9.75 Å². The molecule has 0 amide bonds. The molecule has 0 saturated carbocycles. The first-order valence-electron chi connectivity index (χ1n) is 7.35. The smallest absolute Gasteiger partial charge is 0.200 e. The molecular weight excluding hydrogens is 306 g/mol. The molecule has 1 aliphatic carbocycles. The maximum atomic E-state index is 15.1. The predicted molar refractivity (Wildman–Crippen MR) is 88.0 cm³/mol. The van der Waals surface area contributed by atoms with Crippen LogP contribution in [-0.4, -0.2) is 0 Å². The highest BCUT2D eigenvalue weighted by molar-refractivity contribution is 7.22. The van der Waals surface area contributed by atoms with Gasteiger partial charge in [-0.05, 0) is 43.9 Å². The first-order valence-corrected chi connectivity index (χ1v) is 8.99. The minimum Gasteiger partial charge on any atom is -0.200 e. The Morgan fingerprint density at radius 2 is 1.67 bits per heavy atom. The van der Waals surface area contributed by atoms with Gasteiger partial charge in [0, 0.05) is 20.2 Å². The molecule has 2 heterocycles. The second-order valence-electron chi connectivity index (χ2n) is 6.55. The SMILES string of the molecule is CCc1cc2c(s1)-c1sc(C(C)C)cc1C(F)(F)C2(C)C. The standard InChI is InChI=1S/C17H20F2S2/c1-6-10-7-11-14(20-10)15-12(8-13(21-15)9(2)3)17(18,19)16(11,4)5/h7-9H,6H2,1-5H3. The molecule has 0 nitrogen and oxygen atoms in total. The lowest BCUT2D eigenvalue weighted by Crippen LogP contribution is -2.40. The van der Waals surface area contributed by atoms with Crippen LogP contribution < -0.4 is 0 Å². The van der Waals surface area contributed by atoms with Crippen LogP contribution in [0.5, 0.6) is 0 Å². The zero-order valence-corrected chi connectivity index (χ0v) is 14.6. The molecule has 0 N–H and O–H groups in total. The summed E-state index contributed by atoms with van der Waals surface area (Å²) in [5.74, 6) is -2.53. The largest absolute Gasteiger partial charge is 0.283 e. The van der Waals surface area contributed by atoms with E-state index in [1.807, 2.05) is 6.07 Å². The van der Waals surface area contributed by atoms with Gasteiger partial charge in [-0.15, -0.1) is 22.7 Å². The monoisotopic (exact) mass is 326 g/mol. The van der Waals surface area contributed by atoms with Gasteiger partial charge in [-0.1, -0.05) is 20.8 Å². The second-order valence-corrected chi connectivity index (χ2v) is 8.78. The van der Waals surface area contributed by atoms with E-state index in [4.69, 9.17) is 0 Å². The normalized spacial score (nSPS) is 18.7. The molecule has 0 unspecified atom stereocenters. The fourth-order valence-electron chi connectivity index (χ4n) is 2.85. The van der Waals surface area contributed by atoms with E-state index in [1.165, 1.54) is 4.88 Å². The molecule has 0 aliphatic heterocycles. The van der Waals surface area contributed by atoms with Crippen molar-refractivity contribution in [1.82, 2.24) is 0 Å². The summed E-state index contributed by atoms with van der Waals surface area (Å²) in [4.78, 5) is 4.10. The van der Waals surface area contributed by atoms with Crippen molar-refractivity contribution >= 4 is 22.7 Å². The minimum absolute atomic E-state index is 0.234. The van der Waals surface area contributed by atoms with Gasteiger partial charge in [0.25, 0.3) is 5.92 Å². The third-order valence-corrected chi connectivity index (χ3v) is 7.33. The average molecular weight is 326 g/mol. The molecule has 0 atom stereocenters. The molecule has 0 saturated heterocycles. The Bertz CT molecular complexity index is 690. The van der Waals surface area contributed by atoms with Gasteiger partial charge < -0.3 is 0 Å². The van der Waals surface area contributed by atoms with Crippen molar-refractivity contribution in [3.63, 3.8) is 0 Å². The Hall–Kier alpha value is -0.740. The lowest BCUT2D eigenvalue weighted by atomic mass is 9.72. The van der Waals surface area contributed by atoms with E-state index in [-0.39, 0.29) is 11.5 Å². The lowest BCUT2D eigenvalue weighted by Gasteiger charge is -2.38. The Labute approximate surface area is 132 Å². The van der Waals surface area contributed by atoms with Crippen molar-refractivity contribution in [2.75, 3.05) is 0 Å². The van der Waals surface area contributed by atoms with Crippen LogP contribution in [0.4, 0.5) is 8.78 Å². The first-order chi connectivity index (χ1) is 9.70. The average Bonchev–Trinajstić information content (AvgIpc) is 3.01. The third kappa shape index (κ3) is 1.95. The summed E-state index contributed by atoms with van der Waals surface area (Å²) in [6, 6.07) is 3.73. The summed E-state index contributed by atoms with van der Waals surface area (Å²) >= 11 is 3.23. The molecule has 0 bridgehead atoms. The van der Waals surface area contributed by atoms with Crippen LogP contribution in [0.3, 0.4) is 0 Å². The molecule has 0 aromatic carbocycles. The highest BCUT2D eigenvalue weighted by Crippen LogP contribution is 2.60. The second kappa shape index (κ2) is 4.63. The van der Waals surface area contributed by atoms with Crippen LogP contribution in [0.1, 0.15) is 61.4 Å². The van der Waals surface area contributed by atoms with E-state index >= 15 is 8.78 Å². The van der Waals surface area contributed by atoms with Gasteiger partial charge in [-0.2, -0.15) is 0 Å². The number of aryl methyl sites for hydroxylation is 1. The number of halogens is 2. The van der Waals surface area contributed by atoms with Crippen LogP contribution in [0.15, 0.2) is 12.1 Å². The van der Waals surface area contributed by atoms with Crippen LogP contribution in [-0.2, 0) is 17.8 Å². The minimum atomic E-state index is -2.81. The summed E-state index contributed by atoms with van der Waals surface area (Å²) in [5, 5.41) is 0. The van der Waals surface area contributed by atoms with Gasteiger partial charge in [0.1, 0.15) is 0 Å². The van der Waals surface area contributed by atoms with Crippen molar-refractivity contribution in [2.45, 2.75) is 58.3 Å². The molecule has 2 aromatic rings. The molecule has 2 aromatic heterocycles. The molecule has 0 radical (unpaired) electrons. The van der Waals surface area contributed by atoms with E-state index < -0.39 is 11.3 Å². The maximum Gasteiger partial charge on any atom is 0.283 e. The summed E-state index contributed by atoms with van der Waals surface area (Å²) < 4.78 is 30.1. The molecule has 21 heavy (non-hydrogen) atoms. The van der Waals surface area contributed by atoms with Crippen molar-refractivity contribution in [2.24, 2.45) is 0 Å². The van der Waals surface area contributed by atoms with Crippen molar-refractivity contribution < 1.29 is 8.78 Å². The Kier molecular flexibility index (Phi) is 3.34. The van der Waals surface area contributed by atoms with E-state index in [0.29, 0.717) is 0 Å². The molecule has 4 heteroatoms. The van der Waals surface area contributed by atoms with Gasteiger partial charge in [-0.3, -0.25) is 0 Å². The number of fused-ring (bicyclic) bond motifs is 3. The van der Waals surface area contributed by atoms with Gasteiger partial charge >= 0.3 is 0 Å². The van der Waals surface area contributed by atoms with Crippen LogP contribution in [0, 0.1) is 0 Å². The third-order valence-electron chi connectivity index (χ3n) is 4.45. The number of hydrogen-bond acceptors (Lipinski definition) is 2. The number of hydrogen-bond donors (Lipinski definition) is 0. The quantitative estimate of drug-likeness (QED) is 0.587. The Morgan fingerprint density at radius 1 is 1.05 bits per heavy atom. The molecule has 114 valence electrons. The first kappa shape index (κ1) is 15.2. The highest BCUT2D eigenvalue weighted by Gasteiger charge is 2.55. The van der Waals surface area contributed by atoms with Crippen LogP contribution >= 0.6 is 22.7 Å². The topological polar surface area (TPSA) is 0 Å². The van der Waals surface area contributed by atoms with Gasteiger partial charge in [0.05, 0.1) is 10.3 Å². The zero-order valence-electron chi connectivity index (χ0n) is 13.0. The number of alkyl halides is 2.